The molecule has 7 nitrogen and oxygen atoms in total. The third kappa shape index (κ3) is 4.28. The lowest BCUT2D eigenvalue weighted by atomic mass is 10.2. The summed E-state index contributed by atoms with van der Waals surface area (Å²) in [5.41, 5.74) is 3.94. The number of rotatable bonds is 4. The van der Waals surface area contributed by atoms with Crippen LogP contribution < -0.4 is 15.6 Å². The molecule has 148 valence electrons. The predicted octanol–water partition coefficient (Wildman–Crippen LogP) is 3.28. The van der Waals surface area contributed by atoms with Crippen molar-refractivity contribution < 1.29 is 14.0 Å². The van der Waals surface area contributed by atoms with Gasteiger partial charge in [-0.05, 0) is 42.5 Å². The average Bonchev–Trinajstić information content (AvgIpc) is 3.12. The lowest BCUT2D eigenvalue weighted by molar-refractivity contribution is -0.122. The minimum Gasteiger partial charge on any atom is -0.325 e. The molecule has 0 fully saturated rings. The Morgan fingerprint density at radius 3 is 2.79 bits per heavy atom. The first-order valence-corrected chi connectivity index (χ1v) is 10.4. The number of amidine groups is 1. The van der Waals surface area contributed by atoms with Crippen LogP contribution >= 0.6 is 27.7 Å². The molecule has 2 aliphatic rings. The molecule has 0 aromatic heterocycles. The number of carbonyl (C=O) groups is 2. The van der Waals surface area contributed by atoms with Gasteiger partial charge in [-0.25, -0.2) is 4.39 Å². The van der Waals surface area contributed by atoms with Gasteiger partial charge in [0.1, 0.15) is 5.82 Å². The lowest BCUT2D eigenvalue weighted by Gasteiger charge is -2.31. The van der Waals surface area contributed by atoms with Crippen LogP contribution in [-0.4, -0.2) is 33.8 Å². The molecule has 2 aliphatic heterocycles. The Labute approximate surface area is 178 Å². The van der Waals surface area contributed by atoms with Crippen molar-refractivity contribution in [3.8, 4) is 0 Å². The molecular weight excluding hydrogens is 461 g/mol. The van der Waals surface area contributed by atoms with E-state index in [1.807, 2.05) is 24.3 Å². The third-order valence-electron chi connectivity index (χ3n) is 4.17. The van der Waals surface area contributed by atoms with E-state index in [-0.39, 0.29) is 17.6 Å². The number of benzene rings is 2. The van der Waals surface area contributed by atoms with E-state index < -0.39 is 12.0 Å². The average molecular weight is 476 g/mol. The quantitative estimate of drug-likeness (QED) is 0.709. The molecule has 2 amide bonds. The summed E-state index contributed by atoms with van der Waals surface area (Å²) in [5, 5.41) is 7.31. The van der Waals surface area contributed by atoms with E-state index >= 15 is 0 Å². The van der Waals surface area contributed by atoms with Crippen LogP contribution in [0.1, 0.15) is 0 Å². The van der Waals surface area contributed by atoms with Gasteiger partial charge in [0, 0.05) is 28.2 Å². The molecule has 0 saturated heterocycles. The molecule has 2 aromatic rings. The van der Waals surface area contributed by atoms with Crippen LogP contribution in [-0.2, 0) is 9.59 Å². The van der Waals surface area contributed by atoms with E-state index in [0.717, 1.165) is 10.2 Å². The van der Waals surface area contributed by atoms with Crippen molar-refractivity contribution in [2.45, 2.75) is 6.17 Å². The smallest absolute Gasteiger partial charge is 0.276 e. The normalized spacial score (nSPS) is 17.7. The van der Waals surface area contributed by atoms with Crippen LogP contribution in [0.25, 0.3) is 0 Å². The predicted molar refractivity (Wildman–Crippen MR) is 114 cm³/mol. The zero-order valence-corrected chi connectivity index (χ0v) is 17.3. The van der Waals surface area contributed by atoms with E-state index in [1.54, 1.807) is 28.3 Å². The Kier molecular flexibility index (Phi) is 5.54. The number of thioether (sulfide) groups is 1. The van der Waals surface area contributed by atoms with Crippen molar-refractivity contribution in [3.63, 3.8) is 0 Å². The van der Waals surface area contributed by atoms with Crippen LogP contribution in [0.15, 0.2) is 70.5 Å². The summed E-state index contributed by atoms with van der Waals surface area (Å²) >= 11 is 4.56. The van der Waals surface area contributed by atoms with Crippen LogP contribution in [0.4, 0.5) is 15.8 Å². The minimum absolute atomic E-state index is 0.0682. The number of anilines is 2. The van der Waals surface area contributed by atoms with Crippen molar-refractivity contribution in [3.05, 3.63) is 71.2 Å². The van der Waals surface area contributed by atoms with Gasteiger partial charge in [0.15, 0.2) is 5.17 Å². The van der Waals surface area contributed by atoms with Crippen molar-refractivity contribution >= 4 is 56.0 Å². The number of fused-ring (bicyclic) bond motifs is 1. The number of hydrogen-bond acceptors (Lipinski definition) is 6. The Bertz CT molecular complexity index is 1010. The summed E-state index contributed by atoms with van der Waals surface area (Å²) in [6.07, 6.45) is 2.74. The molecular formula is C19H15BrFN5O2S. The van der Waals surface area contributed by atoms with E-state index in [0.29, 0.717) is 10.9 Å². The van der Waals surface area contributed by atoms with Crippen LogP contribution in [0.5, 0.6) is 0 Å². The second kappa shape index (κ2) is 8.26. The minimum atomic E-state index is -0.669. The standard InChI is InChI=1S/C19H15BrFN5O2S/c20-12-4-6-15(7-5-12)25-8-9-26-17(18(25)28)23-24-19(26)29-11-16(27)22-14-3-1-2-13(21)10-14/h1-10,17,23H,11H2,(H,22,27). The fraction of sp³-hybridized carbons (Fsp3) is 0.105. The van der Waals surface area contributed by atoms with Gasteiger partial charge in [0.25, 0.3) is 5.91 Å². The highest BCUT2D eigenvalue weighted by molar-refractivity contribution is 9.10. The van der Waals surface area contributed by atoms with E-state index in [4.69, 9.17) is 0 Å². The topological polar surface area (TPSA) is 77.0 Å². The van der Waals surface area contributed by atoms with Crippen LogP contribution in [0, 0.1) is 5.82 Å². The number of hydrogen-bond donors (Lipinski definition) is 2. The molecule has 0 saturated carbocycles. The van der Waals surface area contributed by atoms with Gasteiger partial charge in [-0.1, -0.05) is 33.8 Å². The summed E-state index contributed by atoms with van der Waals surface area (Å²) in [6.45, 7) is 0. The highest BCUT2D eigenvalue weighted by atomic mass is 79.9. The Hall–Kier alpha value is -2.85. The maximum atomic E-state index is 13.2. The SMILES string of the molecule is O=C(CSC1=NNC2C(=O)N(c3ccc(Br)cc3)C=CN12)Nc1cccc(F)c1. The fourth-order valence-electron chi connectivity index (χ4n) is 2.83. The molecule has 4 rings (SSSR count). The molecule has 2 heterocycles. The molecule has 0 spiro atoms. The van der Waals surface area contributed by atoms with Gasteiger partial charge < -0.3 is 5.32 Å². The van der Waals surface area contributed by atoms with Gasteiger partial charge in [-0.3, -0.25) is 24.8 Å². The number of halogens is 2. The summed E-state index contributed by atoms with van der Waals surface area (Å²) in [6, 6.07) is 13.1. The summed E-state index contributed by atoms with van der Waals surface area (Å²) in [4.78, 5) is 28.2. The highest BCUT2D eigenvalue weighted by Gasteiger charge is 2.38. The fourth-order valence-corrected chi connectivity index (χ4v) is 3.86. The van der Waals surface area contributed by atoms with Gasteiger partial charge in [-0.15, -0.1) is 0 Å². The van der Waals surface area contributed by atoms with E-state index in [2.05, 4.69) is 31.8 Å². The molecule has 1 unspecified atom stereocenters. The van der Waals surface area contributed by atoms with Crippen molar-refractivity contribution in [2.75, 3.05) is 16.0 Å². The molecule has 0 radical (unpaired) electrons. The van der Waals surface area contributed by atoms with Gasteiger partial charge in [0.05, 0.1) is 5.75 Å². The van der Waals surface area contributed by atoms with Crippen LogP contribution in [0.2, 0.25) is 0 Å². The maximum absolute atomic E-state index is 13.2. The molecule has 0 aliphatic carbocycles. The number of amides is 2. The van der Waals surface area contributed by atoms with E-state index in [1.165, 1.54) is 30.0 Å². The van der Waals surface area contributed by atoms with Crippen molar-refractivity contribution in [1.82, 2.24) is 10.3 Å². The number of carbonyl (C=O) groups excluding carboxylic acids is 2. The lowest BCUT2D eigenvalue weighted by Crippen LogP contribution is -2.52. The zero-order valence-electron chi connectivity index (χ0n) is 14.9. The molecule has 2 aromatic carbocycles. The summed E-state index contributed by atoms with van der Waals surface area (Å²) < 4.78 is 14.1. The Balaban J connectivity index is 1.37. The first kappa shape index (κ1) is 19.5. The van der Waals surface area contributed by atoms with Crippen molar-refractivity contribution in [2.24, 2.45) is 5.10 Å². The third-order valence-corrected chi connectivity index (χ3v) is 5.67. The zero-order chi connectivity index (χ0) is 20.4. The highest BCUT2D eigenvalue weighted by Crippen LogP contribution is 2.26. The van der Waals surface area contributed by atoms with E-state index in [9.17, 15) is 14.0 Å². The van der Waals surface area contributed by atoms with Gasteiger partial charge >= 0.3 is 0 Å². The molecule has 10 heteroatoms. The summed E-state index contributed by atoms with van der Waals surface area (Å²) in [5.74, 6) is -0.831. The van der Waals surface area contributed by atoms with Gasteiger partial charge in [0.2, 0.25) is 12.1 Å². The molecule has 0 bridgehead atoms. The molecule has 29 heavy (non-hydrogen) atoms. The second-order valence-corrected chi connectivity index (χ2v) is 8.02. The summed E-state index contributed by atoms with van der Waals surface area (Å²) in [7, 11) is 0. The Morgan fingerprint density at radius 2 is 2.03 bits per heavy atom. The Morgan fingerprint density at radius 1 is 1.24 bits per heavy atom. The van der Waals surface area contributed by atoms with Crippen molar-refractivity contribution in [1.29, 1.82) is 0 Å². The van der Waals surface area contributed by atoms with Crippen LogP contribution in [0.3, 0.4) is 0 Å². The second-order valence-electron chi connectivity index (χ2n) is 6.16. The maximum Gasteiger partial charge on any atom is 0.276 e. The largest absolute Gasteiger partial charge is 0.325 e. The first-order chi connectivity index (χ1) is 14.0. The number of nitrogens with zero attached hydrogens (tertiary/aromatic N) is 3. The number of hydrazone groups is 1. The number of nitrogens with one attached hydrogen (secondary N) is 2. The monoisotopic (exact) mass is 475 g/mol. The molecule has 2 N–H and O–H groups in total. The van der Waals surface area contributed by atoms with Gasteiger partial charge in [-0.2, -0.15) is 5.10 Å². The molecule has 1 atom stereocenters. The first-order valence-electron chi connectivity index (χ1n) is 8.58.